The van der Waals surface area contributed by atoms with Crippen molar-refractivity contribution in [3.05, 3.63) is 65.4 Å². The molecule has 0 bridgehead atoms. The maximum absolute atomic E-state index is 11.9. The Morgan fingerprint density at radius 1 is 1.04 bits per heavy atom. The smallest absolute Gasteiger partial charge is 0.344 e. The van der Waals surface area contributed by atoms with Crippen molar-refractivity contribution in [3.63, 3.8) is 0 Å². The van der Waals surface area contributed by atoms with Gasteiger partial charge in [-0.2, -0.15) is 0 Å². The Bertz CT molecular complexity index is 978. The normalized spacial score (nSPS) is 10.6. The highest BCUT2D eigenvalue weighted by Gasteiger charge is 2.09. The monoisotopic (exact) mass is 380 g/mol. The third-order valence-electron chi connectivity index (χ3n) is 4.59. The Morgan fingerprint density at radius 2 is 1.86 bits per heavy atom. The molecule has 1 aromatic heterocycles. The maximum atomic E-state index is 11.9. The van der Waals surface area contributed by atoms with Crippen LogP contribution in [0.4, 0.5) is 0 Å². The number of aromatic nitrogens is 1. The number of H-pyrrole nitrogens is 1. The zero-order valence-electron chi connectivity index (χ0n) is 16.1. The SMILES string of the molecule is Cc1ccc(OCC(=O)OCC(=O)NCCc2c[nH]c3ccccc23)cc1C. The van der Waals surface area contributed by atoms with Crippen molar-refractivity contribution in [1.82, 2.24) is 10.3 Å². The van der Waals surface area contributed by atoms with Crippen molar-refractivity contribution in [2.75, 3.05) is 19.8 Å². The molecule has 6 nitrogen and oxygen atoms in total. The molecule has 1 amide bonds. The molecule has 2 N–H and O–H groups in total. The van der Waals surface area contributed by atoms with Crippen LogP contribution in [0.5, 0.6) is 5.75 Å². The van der Waals surface area contributed by atoms with Crippen LogP contribution in [0.1, 0.15) is 16.7 Å². The Labute approximate surface area is 163 Å². The molecule has 0 radical (unpaired) electrons. The molecular formula is C22H24N2O4. The van der Waals surface area contributed by atoms with Gasteiger partial charge in [0.15, 0.2) is 13.2 Å². The molecule has 0 spiro atoms. The summed E-state index contributed by atoms with van der Waals surface area (Å²) in [5.74, 6) is -0.312. The number of para-hydroxylation sites is 1. The minimum absolute atomic E-state index is 0.231. The Kier molecular flexibility index (Phi) is 6.32. The van der Waals surface area contributed by atoms with Crippen LogP contribution in [0.3, 0.4) is 0 Å². The summed E-state index contributed by atoms with van der Waals surface area (Å²) in [6, 6.07) is 13.6. The predicted molar refractivity (Wildman–Crippen MR) is 107 cm³/mol. The van der Waals surface area contributed by atoms with Gasteiger partial charge in [0.1, 0.15) is 5.75 Å². The van der Waals surface area contributed by atoms with Gasteiger partial charge in [0, 0.05) is 23.6 Å². The third kappa shape index (κ3) is 5.13. The summed E-state index contributed by atoms with van der Waals surface area (Å²) in [5.41, 5.74) is 4.44. The second-order valence-corrected chi connectivity index (χ2v) is 6.65. The lowest BCUT2D eigenvalue weighted by Crippen LogP contribution is -2.31. The van der Waals surface area contributed by atoms with Gasteiger partial charge in [-0.25, -0.2) is 4.79 Å². The summed E-state index contributed by atoms with van der Waals surface area (Å²) in [5, 5.41) is 3.90. The number of amides is 1. The number of ether oxygens (including phenoxy) is 2. The number of carbonyl (C=O) groups excluding carboxylic acids is 2. The first-order valence-electron chi connectivity index (χ1n) is 9.20. The lowest BCUT2D eigenvalue weighted by Gasteiger charge is -2.09. The highest BCUT2D eigenvalue weighted by atomic mass is 16.6. The standard InChI is InChI=1S/C22H24N2O4/c1-15-7-8-18(11-16(15)2)27-14-22(26)28-13-21(25)23-10-9-17-12-24-20-6-4-3-5-19(17)20/h3-8,11-12,24H,9-10,13-14H2,1-2H3,(H,23,25). The van der Waals surface area contributed by atoms with Crippen LogP contribution in [-0.2, 0) is 20.7 Å². The van der Waals surface area contributed by atoms with E-state index in [0.717, 1.165) is 27.6 Å². The summed E-state index contributed by atoms with van der Waals surface area (Å²) in [6.45, 7) is 3.90. The van der Waals surface area contributed by atoms with Crippen LogP contribution in [-0.4, -0.2) is 36.6 Å². The van der Waals surface area contributed by atoms with Gasteiger partial charge in [-0.15, -0.1) is 0 Å². The molecule has 2 aromatic carbocycles. The molecule has 146 valence electrons. The average molecular weight is 380 g/mol. The average Bonchev–Trinajstić information content (AvgIpc) is 3.10. The molecule has 0 saturated heterocycles. The highest BCUT2D eigenvalue weighted by molar-refractivity contribution is 5.83. The zero-order chi connectivity index (χ0) is 19.9. The van der Waals surface area contributed by atoms with E-state index < -0.39 is 5.97 Å². The molecule has 28 heavy (non-hydrogen) atoms. The van der Waals surface area contributed by atoms with E-state index in [9.17, 15) is 9.59 Å². The first-order chi connectivity index (χ1) is 13.5. The van der Waals surface area contributed by atoms with Gasteiger partial charge in [-0.05, 0) is 55.2 Å². The fourth-order valence-corrected chi connectivity index (χ4v) is 2.86. The van der Waals surface area contributed by atoms with E-state index in [1.54, 1.807) is 6.07 Å². The Balaban J connectivity index is 1.35. The molecule has 0 unspecified atom stereocenters. The van der Waals surface area contributed by atoms with E-state index in [0.29, 0.717) is 18.7 Å². The molecule has 0 saturated carbocycles. The highest BCUT2D eigenvalue weighted by Crippen LogP contribution is 2.18. The summed E-state index contributed by atoms with van der Waals surface area (Å²) >= 11 is 0. The predicted octanol–water partition coefficient (Wildman–Crippen LogP) is 3.07. The number of benzene rings is 2. The largest absolute Gasteiger partial charge is 0.482 e. The lowest BCUT2D eigenvalue weighted by atomic mass is 10.1. The van der Waals surface area contributed by atoms with Gasteiger partial charge in [-0.3, -0.25) is 4.79 Å². The topological polar surface area (TPSA) is 80.4 Å². The van der Waals surface area contributed by atoms with Gasteiger partial charge in [0.25, 0.3) is 5.91 Å². The molecule has 3 rings (SSSR count). The van der Waals surface area contributed by atoms with Crippen LogP contribution < -0.4 is 10.1 Å². The number of rotatable bonds is 8. The Hall–Kier alpha value is -3.28. The number of hydrogen-bond acceptors (Lipinski definition) is 4. The maximum Gasteiger partial charge on any atom is 0.344 e. The molecule has 0 aliphatic heterocycles. The van der Waals surface area contributed by atoms with Crippen molar-refractivity contribution in [2.24, 2.45) is 0 Å². The molecule has 0 atom stereocenters. The van der Waals surface area contributed by atoms with Gasteiger partial charge < -0.3 is 19.8 Å². The fourth-order valence-electron chi connectivity index (χ4n) is 2.86. The minimum Gasteiger partial charge on any atom is -0.482 e. The van der Waals surface area contributed by atoms with Gasteiger partial charge in [-0.1, -0.05) is 24.3 Å². The van der Waals surface area contributed by atoms with Crippen molar-refractivity contribution < 1.29 is 19.1 Å². The molecule has 0 fully saturated rings. The zero-order valence-corrected chi connectivity index (χ0v) is 16.1. The first kappa shape index (κ1) is 19.5. The summed E-state index contributed by atoms with van der Waals surface area (Å²) in [6.07, 6.45) is 2.64. The molecule has 1 heterocycles. The van der Waals surface area contributed by atoms with E-state index in [1.165, 1.54) is 0 Å². The molecule has 0 aliphatic rings. The quantitative estimate of drug-likeness (QED) is 0.589. The summed E-state index contributed by atoms with van der Waals surface area (Å²) in [7, 11) is 0. The van der Waals surface area contributed by atoms with E-state index in [4.69, 9.17) is 9.47 Å². The summed E-state index contributed by atoms with van der Waals surface area (Å²) < 4.78 is 10.4. The van der Waals surface area contributed by atoms with E-state index in [1.807, 2.05) is 56.4 Å². The van der Waals surface area contributed by atoms with Crippen molar-refractivity contribution in [1.29, 1.82) is 0 Å². The van der Waals surface area contributed by atoms with Crippen LogP contribution in [0.25, 0.3) is 10.9 Å². The third-order valence-corrected chi connectivity index (χ3v) is 4.59. The molecular weight excluding hydrogens is 356 g/mol. The second kappa shape index (κ2) is 9.08. The van der Waals surface area contributed by atoms with E-state index in [-0.39, 0.29) is 19.1 Å². The number of fused-ring (bicyclic) bond motifs is 1. The number of hydrogen-bond donors (Lipinski definition) is 2. The van der Waals surface area contributed by atoms with Crippen molar-refractivity contribution >= 4 is 22.8 Å². The molecule has 3 aromatic rings. The van der Waals surface area contributed by atoms with Crippen LogP contribution >= 0.6 is 0 Å². The van der Waals surface area contributed by atoms with Gasteiger partial charge >= 0.3 is 5.97 Å². The number of aryl methyl sites for hydroxylation is 2. The first-order valence-corrected chi connectivity index (χ1v) is 9.20. The number of aromatic amines is 1. The lowest BCUT2D eigenvalue weighted by molar-refractivity contribution is -0.150. The Morgan fingerprint density at radius 3 is 2.68 bits per heavy atom. The molecule has 0 aliphatic carbocycles. The summed E-state index contributed by atoms with van der Waals surface area (Å²) in [4.78, 5) is 26.8. The number of esters is 1. The van der Waals surface area contributed by atoms with Gasteiger partial charge in [0.2, 0.25) is 0 Å². The van der Waals surface area contributed by atoms with Crippen LogP contribution in [0.15, 0.2) is 48.7 Å². The molecule has 6 heteroatoms. The minimum atomic E-state index is -0.579. The van der Waals surface area contributed by atoms with E-state index in [2.05, 4.69) is 10.3 Å². The second-order valence-electron chi connectivity index (χ2n) is 6.65. The van der Waals surface area contributed by atoms with E-state index >= 15 is 0 Å². The van der Waals surface area contributed by atoms with Crippen molar-refractivity contribution in [2.45, 2.75) is 20.3 Å². The number of carbonyl (C=O) groups is 2. The number of nitrogens with one attached hydrogen (secondary N) is 2. The fraction of sp³-hybridized carbons (Fsp3) is 0.273. The van der Waals surface area contributed by atoms with Crippen LogP contribution in [0, 0.1) is 13.8 Å². The van der Waals surface area contributed by atoms with Crippen molar-refractivity contribution in [3.8, 4) is 5.75 Å². The van der Waals surface area contributed by atoms with Crippen LogP contribution in [0.2, 0.25) is 0 Å². The van der Waals surface area contributed by atoms with Gasteiger partial charge in [0.05, 0.1) is 0 Å².